The van der Waals surface area contributed by atoms with Gasteiger partial charge in [0, 0.05) is 76.1 Å². The molecule has 0 bridgehead atoms. The van der Waals surface area contributed by atoms with Crippen molar-refractivity contribution in [2.75, 3.05) is 4.90 Å². The van der Waals surface area contributed by atoms with Gasteiger partial charge in [-0.2, -0.15) is 0 Å². The molecule has 0 N–H and O–H groups in total. The Morgan fingerprint density at radius 2 is 0.948 bits per heavy atom. The first-order chi connectivity index (χ1) is 28.8. The second kappa shape index (κ2) is 13.1. The van der Waals surface area contributed by atoms with Crippen LogP contribution in [0.5, 0.6) is 0 Å². The van der Waals surface area contributed by atoms with Gasteiger partial charge in [0.2, 0.25) is 0 Å². The van der Waals surface area contributed by atoms with Crippen molar-refractivity contribution in [2.45, 2.75) is 0 Å². The van der Waals surface area contributed by atoms with Gasteiger partial charge in [-0.25, -0.2) is 0 Å². The fraction of sp³-hybridized carbons (Fsp3) is 0. The van der Waals surface area contributed by atoms with E-state index >= 15 is 0 Å². The number of hydrogen-bond donors (Lipinski definition) is 0. The van der Waals surface area contributed by atoms with Crippen molar-refractivity contribution in [3.05, 3.63) is 206 Å². The molecule has 0 aliphatic carbocycles. The van der Waals surface area contributed by atoms with Crippen molar-refractivity contribution in [1.82, 2.24) is 4.57 Å². The Hall–Kier alpha value is -7.40. The number of rotatable bonds is 6. The van der Waals surface area contributed by atoms with Gasteiger partial charge in [0.15, 0.2) is 0 Å². The second-order valence-electron chi connectivity index (χ2n) is 14.9. The molecule has 12 aromatic rings. The largest absolute Gasteiger partial charge is 0.456 e. The molecule has 0 radical (unpaired) electrons. The van der Waals surface area contributed by atoms with Gasteiger partial charge in [0.1, 0.15) is 11.2 Å². The van der Waals surface area contributed by atoms with Crippen LogP contribution in [0, 0.1) is 0 Å². The number of hydrogen-bond acceptors (Lipinski definition) is 3. The highest BCUT2D eigenvalue weighted by atomic mass is 32.1. The summed E-state index contributed by atoms with van der Waals surface area (Å²) in [5.74, 6) is 0. The van der Waals surface area contributed by atoms with Gasteiger partial charge in [-0.1, -0.05) is 121 Å². The fourth-order valence-corrected chi connectivity index (χ4v) is 10.1. The van der Waals surface area contributed by atoms with Crippen molar-refractivity contribution in [3.63, 3.8) is 0 Å². The van der Waals surface area contributed by atoms with Crippen molar-refractivity contribution >= 4 is 92.3 Å². The van der Waals surface area contributed by atoms with Crippen LogP contribution in [0.4, 0.5) is 17.1 Å². The number of nitrogens with zero attached hydrogens (tertiary/aromatic N) is 2. The molecule has 0 fully saturated rings. The molecule has 0 saturated carbocycles. The van der Waals surface area contributed by atoms with Crippen LogP contribution in [0.3, 0.4) is 0 Å². The Kier molecular flexibility index (Phi) is 7.40. The highest BCUT2D eigenvalue weighted by molar-refractivity contribution is 7.25. The smallest absolute Gasteiger partial charge is 0.138 e. The van der Waals surface area contributed by atoms with Gasteiger partial charge in [0.25, 0.3) is 0 Å². The summed E-state index contributed by atoms with van der Waals surface area (Å²) in [6.45, 7) is 0. The number of aromatic nitrogens is 1. The molecule has 12 rings (SSSR count). The van der Waals surface area contributed by atoms with Gasteiger partial charge in [0.05, 0.1) is 11.0 Å². The van der Waals surface area contributed by atoms with E-state index in [4.69, 9.17) is 4.42 Å². The highest BCUT2D eigenvalue weighted by Crippen LogP contribution is 2.48. The molecule has 0 atom stereocenters. The molecule has 3 nitrogen and oxygen atoms in total. The molecule has 0 aliphatic heterocycles. The van der Waals surface area contributed by atoms with E-state index in [2.05, 4.69) is 216 Å². The highest BCUT2D eigenvalue weighted by Gasteiger charge is 2.23. The molecule has 3 heterocycles. The zero-order chi connectivity index (χ0) is 38.2. The van der Waals surface area contributed by atoms with Crippen LogP contribution in [-0.4, -0.2) is 4.57 Å². The average molecular weight is 759 g/mol. The summed E-state index contributed by atoms with van der Waals surface area (Å²) >= 11 is 1.86. The summed E-state index contributed by atoms with van der Waals surface area (Å²) in [6, 6.07) is 74.2. The molecule has 272 valence electrons. The quantitative estimate of drug-likeness (QED) is 0.168. The first-order valence-electron chi connectivity index (χ1n) is 19.7. The third-order valence-corrected chi connectivity index (χ3v) is 12.7. The Bertz CT molecular complexity index is 3450. The standard InChI is InChI=1S/C54H34N2OS/c1-3-13-38(14-4-1)55(39-15-5-2-6-16-39)40-28-23-35(24-29-40)36-25-30-41(31-26-36)56-46-20-10-7-18-43(46)53-47(56)34-49-54(44-19-8-11-21-48(44)57-49)52(53)37-27-32-51-45(33-37)42-17-9-12-22-50(42)58-51/h1-34H. The Morgan fingerprint density at radius 3 is 1.69 bits per heavy atom. The number of para-hydroxylation sites is 4. The fourth-order valence-electron chi connectivity index (χ4n) is 8.99. The van der Waals surface area contributed by atoms with Crippen molar-refractivity contribution in [1.29, 1.82) is 0 Å². The molecule has 58 heavy (non-hydrogen) atoms. The van der Waals surface area contributed by atoms with Crippen LogP contribution in [0.2, 0.25) is 0 Å². The number of fused-ring (bicyclic) bond motifs is 9. The predicted molar refractivity (Wildman–Crippen MR) is 247 cm³/mol. The van der Waals surface area contributed by atoms with Crippen molar-refractivity contribution in [2.24, 2.45) is 0 Å². The summed E-state index contributed by atoms with van der Waals surface area (Å²) in [4.78, 5) is 2.29. The minimum absolute atomic E-state index is 0.889. The lowest BCUT2D eigenvalue weighted by atomic mass is 9.93. The molecule has 9 aromatic carbocycles. The number of benzene rings is 9. The van der Waals surface area contributed by atoms with E-state index < -0.39 is 0 Å². The van der Waals surface area contributed by atoms with Gasteiger partial charge in [-0.15, -0.1) is 11.3 Å². The van der Waals surface area contributed by atoms with E-state index in [1.807, 2.05) is 11.3 Å². The second-order valence-corrected chi connectivity index (χ2v) is 16.0. The monoisotopic (exact) mass is 758 g/mol. The zero-order valence-corrected chi connectivity index (χ0v) is 32.2. The maximum absolute atomic E-state index is 6.70. The van der Waals surface area contributed by atoms with Crippen molar-refractivity contribution in [3.8, 4) is 27.9 Å². The summed E-state index contributed by atoms with van der Waals surface area (Å²) in [5.41, 5.74) is 13.3. The normalized spacial score (nSPS) is 11.8. The van der Waals surface area contributed by atoms with Gasteiger partial charge in [-0.05, 0) is 95.6 Å². The molecular formula is C54H34N2OS. The molecule has 0 unspecified atom stereocenters. The number of furan rings is 1. The van der Waals surface area contributed by atoms with Crippen LogP contribution >= 0.6 is 11.3 Å². The minimum atomic E-state index is 0.889. The lowest BCUT2D eigenvalue weighted by Crippen LogP contribution is -2.09. The lowest BCUT2D eigenvalue weighted by Gasteiger charge is -2.25. The van der Waals surface area contributed by atoms with Crippen molar-refractivity contribution < 1.29 is 4.42 Å². The molecule has 0 spiro atoms. The van der Waals surface area contributed by atoms with Crippen LogP contribution < -0.4 is 4.90 Å². The molecule has 0 saturated heterocycles. The van der Waals surface area contributed by atoms with E-state index in [-0.39, 0.29) is 0 Å². The average Bonchev–Trinajstić information content (AvgIpc) is 3.96. The van der Waals surface area contributed by atoms with E-state index in [0.717, 1.165) is 55.7 Å². The number of anilines is 3. The third kappa shape index (κ3) is 5.12. The molecule has 0 amide bonds. The molecule has 4 heteroatoms. The lowest BCUT2D eigenvalue weighted by molar-refractivity contribution is 0.669. The SMILES string of the molecule is c1ccc(N(c2ccccc2)c2ccc(-c3ccc(-n4c5ccccc5c5c(-c6ccc7sc8ccccc8c7c6)c6c(cc54)oc4ccccc46)cc3)cc2)cc1. The zero-order valence-electron chi connectivity index (χ0n) is 31.3. The molecule has 3 aromatic heterocycles. The Morgan fingerprint density at radius 1 is 0.379 bits per heavy atom. The topological polar surface area (TPSA) is 21.3 Å². The first kappa shape index (κ1) is 32.8. The minimum Gasteiger partial charge on any atom is -0.456 e. The number of thiophene rings is 1. The summed E-state index contributed by atoms with van der Waals surface area (Å²) in [5, 5.41) is 7.32. The summed E-state index contributed by atoms with van der Waals surface area (Å²) < 4.78 is 11.7. The van der Waals surface area contributed by atoms with Crippen LogP contribution in [0.15, 0.2) is 211 Å². The van der Waals surface area contributed by atoms with E-state index in [0.29, 0.717) is 0 Å². The van der Waals surface area contributed by atoms with Crippen LogP contribution in [0.1, 0.15) is 0 Å². The van der Waals surface area contributed by atoms with Gasteiger partial charge < -0.3 is 13.9 Å². The third-order valence-electron chi connectivity index (χ3n) is 11.6. The maximum atomic E-state index is 6.70. The molecule has 0 aliphatic rings. The predicted octanol–water partition coefficient (Wildman–Crippen LogP) is 15.9. The van der Waals surface area contributed by atoms with E-state index in [9.17, 15) is 0 Å². The van der Waals surface area contributed by atoms with E-state index in [1.54, 1.807) is 0 Å². The van der Waals surface area contributed by atoms with Crippen LogP contribution in [0.25, 0.3) is 91.9 Å². The maximum Gasteiger partial charge on any atom is 0.138 e. The Balaban J connectivity index is 1.02. The van der Waals surface area contributed by atoms with Gasteiger partial charge >= 0.3 is 0 Å². The molecular weight excluding hydrogens is 725 g/mol. The Labute approximate surface area is 338 Å². The first-order valence-corrected chi connectivity index (χ1v) is 20.5. The van der Waals surface area contributed by atoms with Gasteiger partial charge in [-0.3, -0.25) is 0 Å². The summed E-state index contributed by atoms with van der Waals surface area (Å²) in [6.07, 6.45) is 0. The van der Waals surface area contributed by atoms with E-state index in [1.165, 1.54) is 53.2 Å². The van der Waals surface area contributed by atoms with Crippen LogP contribution in [-0.2, 0) is 0 Å². The summed E-state index contributed by atoms with van der Waals surface area (Å²) in [7, 11) is 0.